The summed E-state index contributed by atoms with van der Waals surface area (Å²) in [5.74, 6) is 0.358. The van der Waals surface area contributed by atoms with Crippen LogP contribution in [-0.2, 0) is 0 Å². The van der Waals surface area contributed by atoms with Crippen LogP contribution in [0.15, 0.2) is 48.5 Å². The van der Waals surface area contributed by atoms with Crippen molar-refractivity contribution < 1.29 is 0 Å². The molecule has 0 amide bonds. The summed E-state index contributed by atoms with van der Waals surface area (Å²) in [7, 11) is 0. The van der Waals surface area contributed by atoms with Crippen molar-refractivity contribution in [1.29, 1.82) is 5.26 Å². The first-order valence-electron chi connectivity index (χ1n) is 8.28. The van der Waals surface area contributed by atoms with Crippen LogP contribution >= 0.6 is 11.6 Å². The van der Waals surface area contributed by atoms with Gasteiger partial charge in [0.2, 0.25) is 0 Å². The molecule has 3 aromatic rings. The maximum Gasteiger partial charge on any atom is 0.149 e. The second kappa shape index (κ2) is 7.03. The van der Waals surface area contributed by atoms with Gasteiger partial charge in [0.25, 0.3) is 0 Å². The van der Waals surface area contributed by atoms with Crippen molar-refractivity contribution in [2.75, 3.05) is 0 Å². The summed E-state index contributed by atoms with van der Waals surface area (Å²) in [5, 5.41) is 11.5. The Bertz CT molecular complexity index is 921. The lowest BCUT2D eigenvalue weighted by atomic mass is 9.84. The highest BCUT2D eigenvalue weighted by Gasteiger charge is 2.22. The number of hydrogen-bond acceptors (Lipinski definition) is 2. The fraction of sp³-hybridized carbons (Fsp3) is 0.238. The smallest absolute Gasteiger partial charge is 0.149 e. The number of nitrogens with zero attached hydrogens (tertiary/aromatic N) is 2. The average Bonchev–Trinajstić information content (AvgIpc) is 2.62. The van der Waals surface area contributed by atoms with E-state index in [-0.39, 0.29) is 0 Å². The number of pyridine rings is 1. The van der Waals surface area contributed by atoms with E-state index in [4.69, 9.17) is 11.6 Å². The molecule has 3 rings (SSSR count). The van der Waals surface area contributed by atoms with Crippen molar-refractivity contribution >= 4 is 22.5 Å². The molecule has 0 fully saturated rings. The summed E-state index contributed by atoms with van der Waals surface area (Å²) in [4.78, 5) is 4.60. The normalized spacial score (nSPS) is 11.0. The van der Waals surface area contributed by atoms with Gasteiger partial charge in [0.1, 0.15) is 11.8 Å². The number of fused-ring (bicyclic) bond motifs is 1. The zero-order chi connectivity index (χ0) is 17.1. The number of halogens is 1. The minimum absolute atomic E-state index is 0.358. The summed E-state index contributed by atoms with van der Waals surface area (Å²) in [6.07, 6.45) is 2.01. The van der Waals surface area contributed by atoms with Gasteiger partial charge in [-0.1, -0.05) is 61.8 Å². The number of benzene rings is 2. The highest BCUT2D eigenvalue weighted by molar-refractivity contribution is 6.33. The molecule has 0 bridgehead atoms. The van der Waals surface area contributed by atoms with Crippen molar-refractivity contribution in [2.45, 2.75) is 32.6 Å². The number of rotatable bonds is 4. The quantitative estimate of drug-likeness (QED) is 0.559. The molecule has 0 spiro atoms. The second-order valence-corrected chi connectivity index (χ2v) is 6.28. The lowest BCUT2D eigenvalue weighted by Gasteiger charge is -2.21. The molecule has 120 valence electrons. The minimum Gasteiger partial charge on any atom is -0.236 e. The summed E-state index contributed by atoms with van der Waals surface area (Å²) in [6.45, 7) is 4.37. The van der Waals surface area contributed by atoms with Gasteiger partial charge in [-0.05, 0) is 36.5 Å². The summed E-state index contributed by atoms with van der Waals surface area (Å²) < 4.78 is 0. The average molecular weight is 335 g/mol. The molecule has 2 nitrogen and oxygen atoms in total. The van der Waals surface area contributed by atoms with Crippen LogP contribution in [0.1, 0.15) is 43.9 Å². The van der Waals surface area contributed by atoms with Gasteiger partial charge in [-0.15, -0.1) is 0 Å². The monoisotopic (exact) mass is 334 g/mol. The lowest BCUT2D eigenvalue weighted by Crippen LogP contribution is -2.04. The van der Waals surface area contributed by atoms with Crippen molar-refractivity contribution in [3.8, 4) is 17.2 Å². The van der Waals surface area contributed by atoms with E-state index in [1.165, 1.54) is 5.56 Å². The van der Waals surface area contributed by atoms with E-state index in [0.717, 1.165) is 34.9 Å². The van der Waals surface area contributed by atoms with E-state index in [9.17, 15) is 5.26 Å². The van der Waals surface area contributed by atoms with E-state index in [2.05, 4.69) is 31.0 Å². The van der Waals surface area contributed by atoms with Crippen LogP contribution in [0, 0.1) is 11.3 Å². The Labute approximate surface area is 147 Å². The van der Waals surface area contributed by atoms with Crippen molar-refractivity contribution in [3.63, 3.8) is 0 Å². The van der Waals surface area contributed by atoms with E-state index in [0.29, 0.717) is 16.6 Å². The first-order valence-corrected chi connectivity index (χ1v) is 8.66. The Morgan fingerprint density at radius 1 is 1.04 bits per heavy atom. The van der Waals surface area contributed by atoms with Crippen LogP contribution in [0.25, 0.3) is 22.0 Å². The molecule has 24 heavy (non-hydrogen) atoms. The van der Waals surface area contributed by atoms with Gasteiger partial charge in [-0.2, -0.15) is 5.26 Å². The van der Waals surface area contributed by atoms with E-state index in [1.54, 1.807) is 0 Å². The highest BCUT2D eigenvalue weighted by atomic mass is 35.5. The number of para-hydroxylation sites is 1. The number of nitriles is 1. The maximum absolute atomic E-state index is 9.73. The van der Waals surface area contributed by atoms with Gasteiger partial charge in [-0.3, -0.25) is 0 Å². The number of hydrogen-bond donors (Lipinski definition) is 0. The number of aromatic nitrogens is 1. The van der Waals surface area contributed by atoms with Gasteiger partial charge in [0, 0.05) is 21.5 Å². The van der Waals surface area contributed by atoms with Crippen LogP contribution in [0.5, 0.6) is 0 Å². The van der Waals surface area contributed by atoms with Crippen LogP contribution in [0.2, 0.25) is 5.02 Å². The Kier molecular flexibility index (Phi) is 4.83. The molecule has 3 heteroatoms. The van der Waals surface area contributed by atoms with Gasteiger partial charge in [-0.25, -0.2) is 4.98 Å². The molecule has 0 radical (unpaired) electrons. The fourth-order valence-electron chi connectivity index (χ4n) is 3.38. The van der Waals surface area contributed by atoms with Crippen molar-refractivity contribution in [3.05, 3.63) is 64.8 Å². The molecule has 0 N–H and O–H groups in total. The Balaban J connectivity index is 2.48. The standard InChI is InChI=1S/C21H19ClN2/c1-3-14(4-2)20-16-10-6-8-12-18(16)24-19(13-23)21(20)15-9-5-7-11-17(15)22/h5-12,14H,3-4H2,1-2H3. The molecule has 0 aliphatic rings. The van der Waals surface area contributed by atoms with E-state index in [1.807, 2.05) is 42.5 Å². The summed E-state index contributed by atoms with van der Waals surface area (Å²) in [6, 6.07) is 18.0. The zero-order valence-electron chi connectivity index (χ0n) is 13.9. The second-order valence-electron chi connectivity index (χ2n) is 5.87. The summed E-state index contributed by atoms with van der Waals surface area (Å²) in [5.41, 5.74) is 4.28. The Hall–Kier alpha value is -2.37. The molecule has 0 atom stereocenters. The molecular formula is C21H19ClN2. The third-order valence-corrected chi connectivity index (χ3v) is 4.91. The Morgan fingerprint density at radius 3 is 2.38 bits per heavy atom. The van der Waals surface area contributed by atoms with Crippen LogP contribution < -0.4 is 0 Å². The van der Waals surface area contributed by atoms with E-state index >= 15 is 0 Å². The molecule has 0 aliphatic carbocycles. The Morgan fingerprint density at radius 2 is 1.71 bits per heavy atom. The predicted octanol–water partition coefficient (Wildman–Crippen LogP) is 6.33. The van der Waals surface area contributed by atoms with Crippen LogP contribution in [0.3, 0.4) is 0 Å². The fourth-order valence-corrected chi connectivity index (χ4v) is 3.61. The zero-order valence-corrected chi connectivity index (χ0v) is 14.6. The van der Waals surface area contributed by atoms with Crippen LogP contribution in [-0.4, -0.2) is 4.98 Å². The van der Waals surface area contributed by atoms with Gasteiger partial charge >= 0.3 is 0 Å². The molecule has 0 unspecified atom stereocenters. The van der Waals surface area contributed by atoms with Crippen molar-refractivity contribution in [1.82, 2.24) is 4.98 Å². The highest BCUT2D eigenvalue weighted by Crippen LogP contribution is 2.41. The van der Waals surface area contributed by atoms with Crippen LogP contribution in [0.4, 0.5) is 0 Å². The predicted molar refractivity (Wildman–Crippen MR) is 100 cm³/mol. The SMILES string of the molecule is CCC(CC)c1c(-c2ccccc2Cl)c(C#N)nc2ccccc12. The molecule has 1 aromatic heterocycles. The first kappa shape index (κ1) is 16.5. The largest absolute Gasteiger partial charge is 0.236 e. The van der Waals surface area contributed by atoms with Crippen molar-refractivity contribution in [2.24, 2.45) is 0 Å². The third-order valence-electron chi connectivity index (χ3n) is 4.58. The lowest BCUT2D eigenvalue weighted by molar-refractivity contribution is 0.647. The topological polar surface area (TPSA) is 36.7 Å². The molecule has 2 aromatic carbocycles. The minimum atomic E-state index is 0.358. The molecule has 1 heterocycles. The van der Waals surface area contributed by atoms with Gasteiger partial charge < -0.3 is 0 Å². The third kappa shape index (κ3) is 2.77. The molecule has 0 saturated carbocycles. The molecule has 0 saturated heterocycles. The maximum atomic E-state index is 9.73. The van der Waals surface area contributed by atoms with E-state index < -0.39 is 0 Å². The molecule has 0 aliphatic heterocycles. The molecular weight excluding hydrogens is 316 g/mol. The first-order chi connectivity index (χ1) is 11.7. The van der Waals surface area contributed by atoms with Gasteiger partial charge in [0.15, 0.2) is 0 Å². The summed E-state index contributed by atoms with van der Waals surface area (Å²) >= 11 is 6.46. The van der Waals surface area contributed by atoms with Gasteiger partial charge in [0.05, 0.1) is 5.52 Å².